The zero-order valence-corrected chi connectivity index (χ0v) is 40.9. The van der Waals surface area contributed by atoms with Gasteiger partial charge < -0.3 is 8.96 Å². The Morgan fingerprint density at radius 2 is 0.972 bits per heavy atom. The maximum absolute atomic E-state index is 12.1. The fraction of sp³-hybridized carbons (Fsp3) is 0.0323. The summed E-state index contributed by atoms with van der Waals surface area (Å²) >= 11 is 3.07. The smallest absolute Gasteiger partial charge is 0.327 e. The Kier molecular flexibility index (Phi) is 11.8. The zero-order chi connectivity index (χ0) is 48.5. The lowest BCUT2D eigenvalue weighted by atomic mass is 9.50. The molecule has 0 N–H and O–H groups in total. The molecule has 0 unspecified atom stereocenters. The number of hydrogen-bond acceptors (Lipinski definition) is 5. The number of rotatable bonds is 11. The summed E-state index contributed by atoms with van der Waals surface area (Å²) in [7, 11) is 0. The van der Waals surface area contributed by atoms with Gasteiger partial charge in [-0.1, -0.05) is 222 Å². The molecule has 0 amide bonds. The SMILES string of the molecule is [C-]#[N+]/C(c1nc2ccccc2s1)=c1\c2c(Cc3ccccc3)n(B(c3ccccc3)c3ccccc3)/c(=C(/C#N)c3nc4ccccc4s3)c2c(-c2ccccc2C)n1B(c1ccccc1)c1ccccc1. The third-order valence-corrected chi connectivity index (χ3v) is 15.6. The Balaban J connectivity index is 1.44. The van der Waals surface area contributed by atoms with E-state index in [0.29, 0.717) is 27.7 Å². The molecule has 4 heterocycles. The summed E-state index contributed by atoms with van der Waals surface area (Å²) in [5, 5.41) is 16.6. The number of thiazole rings is 2. The first kappa shape index (κ1) is 44.4. The molecule has 0 aliphatic heterocycles. The van der Waals surface area contributed by atoms with Gasteiger partial charge in [0, 0.05) is 39.5 Å². The van der Waals surface area contributed by atoms with E-state index in [0.717, 1.165) is 91.8 Å². The molecule has 0 saturated heterocycles. The zero-order valence-electron chi connectivity index (χ0n) is 39.2. The van der Waals surface area contributed by atoms with E-state index in [1.54, 1.807) is 0 Å². The Hall–Kier alpha value is -8.79. The Labute approximate surface area is 426 Å². The summed E-state index contributed by atoms with van der Waals surface area (Å²) in [6.45, 7) is 10.8. The van der Waals surface area contributed by atoms with E-state index in [-0.39, 0.29) is 0 Å². The number of para-hydroxylation sites is 2. The van der Waals surface area contributed by atoms with Crippen LogP contribution in [0.1, 0.15) is 26.8 Å². The average molecular weight is 957 g/mol. The molecule has 12 rings (SSSR count). The van der Waals surface area contributed by atoms with E-state index >= 15 is 0 Å². The minimum Gasteiger partial charge on any atom is -0.384 e. The fourth-order valence-electron chi connectivity index (χ4n) is 10.4. The molecular formula is C62H42B2N6S2. The minimum atomic E-state index is -0.437. The van der Waals surface area contributed by atoms with Crippen LogP contribution in [0.3, 0.4) is 0 Å². The standard InChI is InChI=1S/C62H42B2N6S2/c1-42-24-18-19-35-48(42)58-56-55(60(57(66-2)62-68-51-37-21-23-39-54(51)72-62)70(58)64(46-31-14-6-15-32-46)47-33-16-7-17-34-47)52(40-43-25-8-3-9-26-43)69(63(44-27-10-4-11-28-44)45-29-12-5-13-30-45)59(56)49(41-65)61-67-50-36-20-22-38-53(50)71-61/h3-39H,40H2,1H3/b59-49-,60-57+. The number of nitrogens with zero attached hydrogens (tertiary/aromatic N) is 6. The molecule has 72 heavy (non-hydrogen) atoms. The van der Waals surface area contributed by atoms with Crippen LogP contribution in [0.15, 0.2) is 224 Å². The molecule has 338 valence electrons. The monoisotopic (exact) mass is 956 g/mol. The molecule has 0 aliphatic carbocycles. The molecule has 0 bridgehead atoms. The Morgan fingerprint density at radius 3 is 1.47 bits per heavy atom. The van der Waals surface area contributed by atoms with Gasteiger partial charge in [-0.2, -0.15) is 5.26 Å². The summed E-state index contributed by atoms with van der Waals surface area (Å²) in [6, 6.07) is 80.6. The predicted octanol–water partition coefficient (Wildman–Crippen LogP) is 10.3. The van der Waals surface area contributed by atoms with Gasteiger partial charge in [-0.25, -0.2) is 14.8 Å². The van der Waals surface area contributed by atoms with Crippen molar-refractivity contribution < 1.29 is 0 Å². The number of nitriles is 1. The van der Waals surface area contributed by atoms with Gasteiger partial charge >= 0.3 is 13.7 Å². The van der Waals surface area contributed by atoms with Crippen LogP contribution in [0, 0.1) is 24.8 Å². The van der Waals surface area contributed by atoms with Crippen LogP contribution < -0.4 is 32.5 Å². The normalized spacial score (nSPS) is 12.2. The van der Waals surface area contributed by atoms with Gasteiger partial charge in [0.2, 0.25) is 5.70 Å². The molecule has 8 aromatic carbocycles. The van der Waals surface area contributed by atoms with Crippen molar-refractivity contribution in [1.82, 2.24) is 18.9 Å². The highest BCUT2D eigenvalue weighted by atomic mass is 32.1. The summed E-state index contributed by atoms with van der Waals surface area (Å²) in [6.07, 6.45) is 0.475. The van der Waals surface area contributed by atoms with E-state index in [1.807, 2.05) is 36.4 Å². The highest BCUT2D eigenvalue weighted by Gasteiger charge is 2.37. The average Bonchev–Trinajstić information content (AvgIpc) is 4.22. The maximum Gasteiger partial charge on any atom is 0.327 e. The summed E-state index contributed by atoms with van der Waals surface area (Å²) in [5.41, 5.74) is 11.7. The quantitative estimate of drug-likeness (QED) is 0.0959. The van der Waals surface area contributed by atoms with Gasteiger partial charge in [0.25, 0.3) is 0 Å². The van der Waals surface area contributed by atoms with E-state index < -0.39 is 13.7 Å². The number of aromatic nitrogens is 4. The molecule has 12 aromatic rings. The van der Waals surface area contributed by atoms with E-state index in [9.17, 15) is 11.8 Å². The minimum absolute atomic E-state index is 0.421. The first-order chi connectivity index (χ1) is 35.6. The highest BCUT2D eigenvalue weighted by molar-refractivity contribution is 7.20. The third-order valence-electron chi connectivity index (χ3n) is 13.5. The second kappa shape index (κ2) is 19.2. The lowest BCUT2D eigenvalue weighted by molar-refractivity contribution is 1.01. The van der Waals surface area contributed by atoms with Crippen LogP contribution in [0.25, 0.3) is 58.6 Å². The van der Waals surface area contributed by atoms with Crippen molar-refractivity contribution in [3.63, 3.8) is 0 Å². The molecule has 4 aromatic heterocycles. The number of benzene rings is 8. The lowest BCUT2D eigenvalue weighted by Gasteiger charge is -2.24. The molecule has 10 heteroatoms. The Morgan fingerprint density at radius 1 is 0.528 bits per heavy atom. The van der Waals surface area contributed by atoms with Crippen LogP contribution in [-0.2, 0) is 6.42 Å². The van der Waals surface area contributed by atoms with Crippen molar-refractivity contribution in [2.24, 2.45) is 0 Å². The first-order valence-electron chi connectivity index (χ1n) is 23.9. The van der Waals surface area contributed by atoms with Crippen molar-refractivity contribution in [2.45, 2.75) is 13.3 Å². The van der Waals surface area contributed by atoms with Gasteiger partial charge in [-0.15, -0.1) is 22.7 Å². The second-order valence-electron chi connectivity index (χ2n) is 17.8. The third kappa shape index (κ3) is 7.84. The summed E-state index contributed by atoms with van der Waals surface area (Å²) in [4.78, 5) is 15.2. The lowest BCUT2D eigenvalue weighted by Crippen LogP contribution is -2.54. The highest BCUT2D eigenvalue weighted by Crippen LogP contribution is 2.36. The molecule has 0 radical (unpaired) electrons. The summed E-state index contributed by atoms with van der Waals surface area (Å²) < 4.78 is 6.85. The van der Waals surface area contributed by atoms with Gasteiger partial charge in [0.05, 0.1) is 32.4 Å². The van der Waals surface area contributed by atoms with Crippen molar-refractivity contribution >= 4 is 101 Å². The molecule has 0 fully saturated rings. The van der Waals surface area contributed by atoms with E-state index in [2.05, 4.69) is 215 Å². The maximum atomic E-state index is 12.1. The Bertz CT molecular complexity index is 3930. The van der Waals surface area contributed by atoms with Crippen LogP contribution in [0.2, 0.25) is 0 Å². The number of hydrogen-bond donors (Lipinski definition) is 0. The molecular weight excluding hydrogens is 914 g/mol. The van der Waals surface area contributed by atoms with Gasteiger partial charge in [-0.05, 0) is 42.3 Å². The van der Waals surface area contributed by atoms with Crippen LogP contribution in [0.5, 0.6) is 0 Å². The molecule has 0 aliphatic rings. The van der Waals surface area contributed by atoms with Crippen molar-refractivity contribution in [3.8, 4) is 17.3 Å². The first-order valence-corrected chi connectivity index (χ1v) is 25.6. The molecule has 0 saturated carbocycles. The molecule has 6 nitrogen and oxygen atoms in total. The van der Waals surface area contributed by atoms with Gasteiger partial charge in [0.15, 0.2) is 0 Å². The van der Waals surface area contributed by atoms with Gasteiger partial charge in [-0.3, -0.25) is 0 Å². The predicted molar refractivity (Wildman–Crippen MR) is 302 cm³/mol. The van der Waals surface area contributed by atoms with Crippen molar-refractivity contribution in [3.05, 3.63) is 273 Å². The summed E-state index contributed by atoms with van der Waals surface area (Å²) in [5.74, 6) is 0. The number of fused-ring (bicyclic) bond motifs is 3. The topological polar surface area (TPSA) is 63.8 Å². The van der Waals surface area contributed by atoms with Crippen LogP contribution in [0.4, 0.5) is 0 Å². The van der Waals surface area contributed by atoms with Gasteiger partial charge in [0.1, 0.15) is 21.7 Å². The molecule has 0 atom stereocenters. The second-order valence-corrected chi connectivity index (χ2v) is 19.9. The fourth-order valence-corrected chi connectivity index (χ4v) is 12.4. The molecule has 0 spiro atoms. The van der Waals surface area contributed by atoms with Crippen LogP contribution in [-0.4, -0.2) is 32.6 Å². The largest absolute Gasteiger partial charge is 0.384 e. The van der Waals surface area contributed by atoms with E-state index in [4.69, 9.17) is 9.97 Å². The van der Waals surface area contributed by atoms with E-state index in [1.165, 1.54) is 22.7 Å². The van der Waals surface area contributed by atoms with Crippen molar-refractivity contribution in [2.75, 3.05) is 0 Å². The van der Waals surface area contributed by atoms with Crippen molar-refractivity contribution in [1.29, 1.82) is 5.26 Å². The number of aryl methyl sites for hydroxylation is 1. The van der Waals surface area contributed by atoms with Crippen LogP contribution >= 0.6 is 22.7 Å².